The quantitative estimate of drug-likeness (QED) is 0.656. The monoisotopic (exact) mass is 264 g/mol. The van der Waals surface area contributed by atoms with Crippen LogP contribution in [0.5, 0.6) is 0 Å². The average Bonchev–Trinajstić information content (AvgIpc) is 2.35. The van der Waals surface area contributed by atoms with Crippen LogP contribution in [0.1, 0.15) is 25.8 Å². The number of rotatable bonds is 4. The largest absolute Gasteiger partial charge is 0.394 e. The van der Waals surface area contributed by atoms with Crippen LogP contribution in [0, 0.1) is 0 Å². The van der Waals surface area contributed by atoms with Gasteiger partial charge in [-0.2, -0.15) is 0 Å². The van der Waals surface area contributed by atoms with Gasteiger partial charge < -0.3 is 20.8 Å². The van der Waals surface area contributed by atoms with Gasteiger partial charge in [-0.25, -0.2) is 0 Å². The Bertz CT molecular complexity index is 486. The maximum atomic E-state index is 11.8. The lowest BCUT2D eigenvalue weighted by Crippen LogP contribution is -2.33. The SMILES string of the molecule is CC1(C)CC(=O)Nc2c(NCC(O)CO)cccc21. The summed E-state index contributed by atoms with van der Waals surface area (Å²) in [5.41, 5.74) is 2.42. The molecule has 19 heavy (non-hydrogen) atoms. The van der Waals surface area contributed by atoms with Crippen molar-refractivity contribution in [3.63, 3.8) is 0 Å². The Morgan fingerprint density at radius 1 is 1.47 bits per heavy atom. The zero-order valence-corrected chi connectivity index (χ0v) is 11.2. The number of carbonyl (C=O) groups excluding carboxylic acids is 1. The van der Waals surface area contributed by atoms with Gasteiger partial charge in [-0.15, -0.1) is 0 Å². The fraction of sp³-hybridized carbons (Fsp3) is 0.500. The summed E-state index contributed by atoms with van der Waals surface area (Å²) in [5, 5.41) is 24.1. The summed E-state index contributed by atoms with van der Waals surface area (Å²) >= 11 is 0. The number of amides is 1. The summed E-state index contributed by atoms with van der Waals surface area (Å²) < 4.78 is 0. The number of aliphatic hydroxyl groups excluding tert-OH is 2. The van der Waals surface area contributed by atoms with Crippen molar-refractivity contribution in [1.82, 2.24) is 0 Å². The van der Waals surface area contributed by atoms with Crippen LogP contribution in [-0.2, 0) is 10.2 Å². The summed E-state index contributed by atoms with van der Waals surface area (Å²) in [4.78, 5) is 11.8. The van der Waals surface area contributed by atoms with Crippen molar-refractivity contribution in [2.75, 3.05) is 23.8 Å². The van der Waals surface area contributed by atoms with Crippen LogP contribution in [0.15, 0.2) is 18.2 Å². The van der Waals surface area contributed by atoms with E-state index in [1.165, 1.54) is 0 Å². The molecule has 0 bridgehead atoms. The van der Waals surface area contributed by atoms with E-state index in [4.69, 9.17) is 5.11 Å². The van der Waals surface area contributed by atoms with Crippen LogP contribution >= 0.6 is 0 Å². The van der Waals surface area contributed by atoms with E-state index in [1.54, 1.807) is 0 Å². The minimum atomic E-state index is -0.817. The number of hydrogen-bond donors (Lipinski definition) is 4. The van der Waals surface area contributed by atoms with Gasteiger partial charge in [-0.3, -0.25) is 4.79 Å². The number of anilines is 2. The smallest absolute Gasteiger partial charge is 0.225 e. The van der Waals surface area contributed by atoms with E-state index in [0.29, 0.717) is 6.42 Å². The molecule has 1 aliphatic rings. The molecule has 1 aromatic rings. The molecule has 1 aromatic carbocycles. The maximum Gasteiger partial charge on any atom is 0.225 e. The summed E-state index contributed by atoms with van der Waals surface area (Å²) in [5.74, 6) is -0.00513. The molecule has 0 saturated heterocycles. The number of para-hydroxylation sites is 1. The van der Waals surface area contributed by atoms with E-state index in [-0.39, 0.29) is 24.5 Å². The Morgan fingerprint density at radius 3 is 2.89 bits per heavy atom. The molecule has 1 atom stereocenters. The predicted octanol–water partition coefficient (Wildman–Crippen LogP) is 1.07. The zero-order chi connectivity index (χ0) is 14.0. The number of nitrogens with one attached hydrogen (secondary N) is 2. The molecule has 0 aromatic heterocycles. The number of carbonyl (C=O) groups is 1. The van der Waals surface area contributed by atoms with Gasteiger partial charge in [0.25, 0.3) is 0 Å². The molecule has 5 heteroatoms. The van der Waals surface area contributed by atoms with Crippen LogP contribution in [0.2, 0.25) is 0 Å². The van der Waals surface area contributed by atoms with Crippen LogP contribution < -0.4 is 10.6 Å². The molecule has 0 aliphatic carbocycles. The van der Waals surface area contributed by atoms with Crippen LogP contribution in [-0.4, -0.2) is 35.4 Å². The van der Waals surface area contributed by atoms with Crippen molar-refractivity contribution < 1.29 is 15.0 Å². The molecule has 104 valence electrons. The van der Waals surface area contributed by atoms with Crippen molar-refractivity contribution in [3.05, 3.63) is 23.8 Å². The lowest BCUT2D eigenvalue weighted by molar-refractivity contribution is -0.117. The van der Waals surface area contributed by atoms with Gasteiger partial charge in [0, 0.05) is 18.4 Å². The van der Waals surface area contributed by atoms with Crippen LogP contribution in [0.3, 0.4) is 0 Å². The normalized spacial score (nSPS) is 18.4. The third-order valence-corrected chi connectivity index (χ3v) is 3.40. The van der Waals surface area contributed by atoms with Gasteiger partial charge in [0.05, 0.1) is 24.1 Å². The van der Waals surface area contributed by atoms with Crippen LogP contribution in [0.25, 0.3) is 0 Å². The molecule has 0 spiro atoms. The number of fused-ring (bicyclic) bond motifs is 1. The Kier molecular flexibility index (Phi) is 3.78. The highest BCUT2D eigenvalue weighted by atomic mass is 16.3. The standard InChI is InChI=1S/C14H20N2O3/c1-14(2)6-12(19)16-13-10(14)4-3-5-11(13)15-7-9(18)8-17/h3-5,9,15,17-18H,6-8H2,1-2H3,(H,16,19). The molecule has 1 amide bonds. The van der Waals surface area contributed by atoms with Crippen molar-refractivity contribution in [1.29, 1.82) is 0 Å². The van der Waals surface area contributed by atoms with Gasteiger partial charge in [0.1, 0.15) is 0 Å². The van der Waals surface area contributed by atoms with Crippen molar-refractivity contribution in [2.24, 2.45) is 0 Å². The molecule has 1 unspecified atom stereocenters. The van der Waals surface area contributed by atoms with Crippen LogP contribution in [0.4, 0.5) is 11.4 Å². The van der Waals surface area contributed by atoms with Gasteiger partial charge in [0.2, 0.25) is 5.91 Å². The Hall–Kier alpha value is -1.59. The molecule has 1 aliphatic heterocycles. The van der Waals surface area contributed by atoms with Crippen molar-refractivity contribution in [2.45, 2.75) is 31.8 Å². The average molecular weight is 264 g/mol. The Balaban J connectivity index is 2.30. The fourth-order valence-corrected chi connectivity index (χ4v) is 2.37. The van der Waals surface area contributed by atoms with E-state index < -0.39 is 6.10 Å². The highest BCUT2D eigenvalue weighted by Crippen LogP contribution is 2.40. The second-order valence-corrected chi connectivity index (χ2v) is 5.55. The van der Waals surface area contributed by atoms with E-state index >= 15 is 0 Å². The molecule has 4 N–H and O–H groups in total. The third-order valence-electron chi connectivity index (χ3n) is 3.40. The molecule has 0 fully saturated rings. The lowest BCUT2D eigenvalue weighted by Gasteiger charge is -2.33. The van der Waals surface area contributed by atoms with E-state index in [0.717, 1.165) is 16.9 Å². The first-order valence-electron chi connectivity index (χ1n) is 6.40. The molecular formula is C14H20N2O3. The third kappa shape index (κ3) is 2.88. The summed E-state index contributed by atoms with van der Waals surface area (Å²) in [6.45, 7) is 4.02. The van der Waals surface area contributed by atoms with E-state index in [2.05, 4.69) is 10.6 Å². The molecule has 0 radical (unpaired) electrons. The van der Waals surface area contributed by atoms with Crippen molar-refractivity contribution in [3.8, 4) is 0 Å². The van der Waals surface area contributed by atoms with Gasteiger partial charge >= 0.3 is 0 Å². The fourth-order valence-electron chi connectivity index (χ4n) is 2.37. The Morgan fingerprint density at radius 2 is 2.21 bits per heavy atom. The highest BCUT2D eigenvalue weighted by molar-refractivity contribution is 5.99. The maximum absolute atomic E-state index is 11.8. The first kappa shape index (κ1) is 13.8. The first-order chi connectivity index (χ1) is 8.94. The summed E-state index contributed by atoms with van der Waals surface area (Å²) in [7, 11) is 0. The highest BCUT2D eigenvalue weighted by Gasteiger charge is 2.32. The van der Waals surface area contributed by atoms with E-state index in [1.807, 2.05) is 32.0 Å². The van der Waals surface area contributed by atoms with Gasteiger partial charge in [0.15, 0.2) is 0 Å². The van der Waals surface area contributed by atoms with Gasteiger partial charge in [-0.1, -0.05) is 26.0 Å². The predicted molar refractivity (Wildman–Crippen MR) is 74.3 cm³/mol. The topological polar surface area (TPSA) is 81.6 Å². The molecular weight excluding hydrogens is 244 g/mol. The first-order valence-corrected chi connectivity index (χ1v) is 6.40. The minimum Gasteiger partial charge on any atom is -0.394 e. The van der Waals surface area contributed by atoms with Gasteiger partial charge in [-0.05, 0) is 11.6 Å². The second kappa shape index (κ2) is 5.19. The second-order valence-electron chi connectivity index (χ2n) is 5.55. The van der Waals surface area contributed by atoms with Crippen molar-refractivity contribution >= 4 is 17.3 Å². The molecule has 2 rings (SSSR count). The van der Waals surface area contributed by atoms with E-state index in [9.17, 15) is 9.90 Å². The number of hydrogen-bond acceptors (Lipinski definition) is 4. The lowest BCUT2D eigenvalue weighted by atomic mass is 9.77. The molecule has 5 nitrogen and oxygen atoms in total. The summed E-state index contributed by atoms with van der Waals surface area (Å²) in [6.07, 6.45) is -0.355. The zero-order valence-electron chi connectivity index (χ0n) is 11.2. The molecule has 0 saturated carbocycles. The number of aliphatic hydroxyl groups is 2. The summed E-state index contributed by atoms with van der Waals surface area (Å²) in [6, 6.07) is 5.78. The minimum absolute atomic E-state index is 0.00513. The molecule has 1 heterocycles. The Labute approximate surface area is 112 Å². The number of benzene rings is 1.